The largest absolute Gasteiger partial charge is 0.383 e. The molecule has 24 heavy (non-hydrogen) atoms. The highest BCUT2D eigenvalue weighted by molar-refractivity contribution is 5.66. The van der Waals surface area contributed by atoms with Gasteiger partial charge in [0.05, 0.1) is 12.3 Å². The highest BCUT2D eigenvalue weighted by atomic mass is 16.5. The summed E-state index contributed by atoms with van der Waals surface area (Å²) in [6.45, 7) is 1.30. The fourth-order valence-corrected chi connectivity index (χ4v) is 2.28. The van der Waals surface area contributed by atoms with E-state index in [0.29, 0.717) is 19.1 Å². The summed E-state index contributed by atoms with van der Waals surface area (Å²) in [5.74, 6) is 1.32. The third-order valence-electron chi connectivity index (χ3n) is 3.44. The first-order valence-electron chi connectivity index (χ1n) is 7.84. The van der Waals surface area contributed by atoms with Gasteiger partial charge >= 0.3 is 0 Å². The topological polar surface area (TPSA) is 59.1 Å². The van der Waals surface area contributed by atoms with Crippen molar-refractivity contribution in [3.63, 3.8) is 0 Å². The summed E-state index contributed by atoms with van der Waals surface area (Å²) in [6.07, 6.45) is 0. The highest BCUT2D eigenvalue weighted by Crippen LogP contribution is 2.22. The minimum absolute atomic E-state index is 0.558. The van der Waals surface area contributed by atoms with E-state index in [2.05, 4.69) is 20.6 Å². The number of nitrogens with one attached hydrogen (secondary N) is 2. The third kappa shape index (κ3) is 4.30. The van der Waals surface area contributed by atoms with Crippen molar-refractivity contribution in [1.29, 1.82) is 0 Å². The second-order valence-corrected chi connectivity index (χ2v) is 5.24. The maximum absolute atomic E-state index is 5.08. The Labute approximate surface area is 141 Å². The summed E-state index contributed by atoms with van der Waals surface area (Å²) in [7, 11) is 1.68. The van der Waals surface area contributed by atoms with Crippen LogP contribution >= 0.6 is 0 Å². The van der Waals surface area contributed by atoms with Crippen molar-refractivity contribution in [3.8, 4) is 11.3 Å². The van der Waals surface area contributed by atoms with Crippen LogP contribution in [0.4, 0.5) is 17.5 Å². The van der Waals surface area contributed by atoms with Gasteiger partial charge in [-0.25, -0.2) is 4.98 Å². The highest BCUT2D eigenvalue weighted by Gasteiger charge is 2.07. The zero-order valence-electron chi connectivity index (χ0n) is 13.6. The minimum Gasteiger partial charge on any atom is -0.383 e. The molecule has 3 aromatic rings. The van der Waals surface area contributed by atoms with E-state index < -0.39 is 0 Å². The molecule has 5 nitrogen and oxygen atoms in total. The molecule has 2 N–H and O–H groups in total. The molecule has 0 atom stereocenters. The van der Waals surface area contributed by atoms with Gasteiger partial charge in [-0.2, -0.15) is 4.98 Å². The second kappa shape index (κ2) is 8.08. The Balaban J connectivity index is 1.90. The number of ether oxygens (including phenoxy) is 1. The minimum atomic E-state index is 0.558. The van der Waals surface area contributed by atoms with Crippen molar-refractivity contribution >= 4 is 17.5 Å². The summed E-state index contributed by atoms with van der Waals surface area (Å²) in [5, 5.41) is 6.52. The van der Waals surface area contributed by atoms with Crippen molar-refractivity contribution in [2.45, 2.75) is 0 Å². The Morgan fingerprint density at radius 3 is 2.33 bits per heavy atom. The summed E-state index contributed by atoms with van der Waals surface area (Å²) in [5.41, 5.74) is 2.86. The summed E-state index contributed by atoms with van der Waals surface area (Å²) in [4.78, 5) is 9.17. The Morgan fingerprint density at radius 1 is 0.917 bits per heavy atom. The standard InChI is InChI=1S/C19H20N4O/c1-24-13-12-20-18-14-17(15-8-4-2-5-9-15)22-19(23-18)21-16-10-6-3-7-11-16/h2-11,14H,12-13H2,1H3,(H2,20,21,22,23). The molecule has 0 radical (unpaired) electrons. The lowest BCUT2D eigenvalue weighted by molar-refractivity contribution is 0.210. The van der Waals surface area contributed by atoms with E-state index in [1.165, 1.54) is 0 Å². The molecule has 1 heterocycles. The first kappa shape index (κ1) is 16.0. The monoisotopic (exact) mass is 320 g/mol. The molecule has 0 fully saturated rings. The zero-order chi connectivity index (χ0) is 16.6. The average Bonchev–Trinajstić information content (AvgIpc) is 2.63. The quantitative estimate of drug-likeness (QED) is 0.646. The zero-order valence-corrected chi connectivity index (χ0v) is 13.6. The SMILES string of the molecule is COCCNc1cc(-c2ccccc2)nc(Nc2ccccc2)n1. The molecule has 2 aromatic carbocycles. The van der Waals surface area contributed by atoms with Gasteiger partial charge in [-0.3, -0.25) is 0 Å². The molecule has 0 saturated carbocycles. The molecule has 0 amide bonds. The normalized spacial score (nSPS) is 10.4. The van der Waals surface area contributed by atoms with Gasteiger partial charge in [-0.1, -0.05) is 48.5 Å². The van der Waals surface area contributed by atoms with Crippen LogP contribution in [0, 0.1) is 0 Å². The van der Waals surface area contributed by atoms with Gasteiger partial charge < -0.3 is 15.4 Å². The maximum atomic E-state index is 5.08. The lowest BCUT2D eigenvalue weighted by Crippen LogP contribution is -2.10. The molecule has 0 aliphatic heterocycles. The molecule has 0 aliphatic carbocycles. The predicted molar refractivity (Wildman–Crippen MR) is 97.6 cm³/mol. The van der Waals surface area contributed by atoms with E-state index in [1.54, 1.807) is 7.11 Å². The van der Waals surface area contributed by atoms with Crippen molar-refractivity contribution < 1.29 is 4.74 Å². The first-order chi connectivity index (χ1) is 11.8. The molecule has 0 saturated heterocycles. The molecular weight excluding hydrogens is 300 g/mol. The number of para-hydroxylation sites is 1. The van der Waals surface area contributed by atoms with Crippen LogP contribution in [0.1, 0.15) is 0 Å². The maximum Gasteiger partial charge on any atom is 0.229 e. The second-order valence-electron chi connectivity index (χ2n) is 5.24. The first-order valence-corrected chi connectivity index (χ1v) is 7.84. The summed E-state index contributed by atoms with van der Waals surface area (Å²) < 4.78 is 5.08. The Bertz CT molecular complexity index is 763. The van der Waals surface area contributed by atoms with Gasteiger partial charge in [0.2, 0.25) is 5.95 Å². The third-order valence-corrected chi connectivity index (χ3v) is 3.44. The fraction of sp³-hybridized carbons (Fsp3) is 0.158. The average molecular weight is 320 g/mol. The number of nitrogens with zero attached hydrogens (tertiary/aromatic N) is 2. The number of anilines is 3. The van der Waals surface area contributed by atoms with E-state index in [1.807, 2.05) is 66.7 Å². The van der Waals surface area contributed by atoms with Crippen LogP contribution < -0.4 is 10.6 Å². The summed E-state index contributed by atoms with van der Waals surface area (Å²) >= 11 is 0. The predicted octanol–water partition coefficient (Wildman–Crippen LogP) is 3.95. The Morgan fingerprint density at radius 2 is 1.62 bits per heavy atom. The van der Waals surface area contributed by atoms with Gasteiger partial charge in [0.1, 0.15) is 5.82 Å². The van der Waals surface area contributed by atoms with Gasteiger partial charge in [-0.15, -0.1) is 0 Å². The van der Waals surface area contributed by atoms with E-state index in [-0.39, 0.29) is 0 Å². The van der Waals surface area contributed by atoms with Gasteiger partial charge in [0, 0.05) is 31.0 Å². The van der Waals surface area contributed by atoms with Crippen LogP contribution in [-0.2, 0) is 4.74 Å². The van der Waals surface area contributed by atoms with E-state index in [9.17, 15) is 0 Å². The summed E-state index contributed by atoms with van der Waals surface area (Å²) in [6, 6.07) is 21.9. The van der Waals surface area contributed by atoms with Crippen LogP contribution in [0.5, 0.6) is 0 Å². The molecule has 5 heteroatoms. The molecule has 3 rings (SSSR count). The fourth-order valence-electron chi connectivity index (χ4n) is 2.28. The Hall–Kier alpha value is -2.92. The number of methoxy groups -OCH3 is 1. The Kier molecular flexibility index (Phi) is 5.37. The van der Waals surface area contributed by atoms with Crippen LogP contribution in [0.15, 0.2) is 66.7 Å². The molecule has 0 aliphatic rings. The van der Waals surface area contributed by atoms with Gasteiger partial charge in [-0.05, 0) is 12.1 Å². The van der Waals surface area contributed by atoms with Crippen LogP contribution in [0.25, 0.3) is 11.3 Å². The van der Waals surface area contributed by atoms with E-state index in [4.69, 9.17) is 4.74 Å². The number of aromatic nitrogens is 2. The van der Waals surface area contributed by atoms with Crippen molar-refractivity contribution in [2.24, 2.45) is 0 Å². The molecule has 0 unspecified atom stereocenters. The van der Waals surface area contributed by atoms with Gasteiger partial charge in [0.15, 0.2) is 0 Å². The van der Waals surface area contributed by atoms with Crippen LogP contribution in [0.2, 0.25) is 0 Å². The van der Waals surface area contributed by atoms with E-state index >= 15 is 0 Å². The molecule has 0 spiro atoms. The molecular formula is C19H20N4O. The smallest absolute Gasteiger partial charge is 0.229 e. The van der Waals surface area contributed by atoms with Crippen LogP contribution in [0.3, 0.4) is 0 Å². The number of hydrogen-bond acceptors (Lipinski definition) is 5. The van der Waals surface area contributed by atoms with Crippen LogP contribution in [-0.4, -0.2) is 30.2 Å². The van der Waals surface area contributed by atoms with Gasteiger partial charge in [0.25, 0.3) is 0 Å². The number of hydrogen-bond donors (Lipinski definition) is 2. The number of rotatable bonds is 7. The van der Waals surface area contributed by atoms with Crippen molar-refractivity contribution in [3.05, 3.63) is 66.7 Å². The lowest BCUT2D eigenvalue weighted by Gasteiger charge is -2.11. The molecule has 0 bridgehead atoms. The number of benzene rings is 2. The van der Waals surface area contributed by atoms with Crippen molar-refractivity contribution in [2.75, 3.05) is 30.9 Å². The van der Waals surface area contributed by atoms with Crippen molar-refractivity contribution in [1.82, 2.24) is 9.97 Å². The lowest BCUT2D eigenvalue weighted by atomic mass is 10.1. The molecule has 1 aromatic heterocycles. The molecule has 122 valence electrons. The van der Waals surface area contributed by atoms with E-state index in [0.717, 1.165) is 22.8 Å².